The first kappa shape index (κ1) is 15.7. The molecule has 0 saturated carbocycles. The summed E-state index contributed by atoms with van der Waals surface area (Å²) in [6.45, 7) is 3.50. The molecule has 1 saturated heterocycles. The zero-order valence-electron chi connectivity index (χ0n) is 13.7. The van der Waals surface area contributed by atoms with Gasteiger partial charge in [0.1, 0.15) is 5.69 Å². The maximum absolute atomic E-state index is 12.7. The lowest BCUT2D eigenvalue weighted by Crippen LogP contribution is -2.38. The number of hydrogen-bond donors (Lipinski definition) is 1. The predicted octanol–water partition coefficient (Wildman–Crippen LogP) is 2.89. The number of H-pyrrole nitrogens is 1. The van der Waals surface area contributed by atoms with Crippen LogP contribution in [0.1, 0.15) is 35.8 Å². The van der Waals surface area contributed by atoms with Crippen molar-refractivity contribution in [2.45, 2.75) is 32.2 Å². The maximum Gasteiger partial charge on any atom is 0.272 e. The summed E-state index contributed by atoms with van der Waals surface area (Å²) in [4.78, 5) is 14.6. The molecular formula is C18H23N3O2. The van der Waals surface area contributed by atoms with Crippen molar-refractivity contribution in [2.24, 2.45) is 0 Å². The minimum Gasteiger partial charge on any atom is -0.383 e. The molecule has 2 heterocycles. The largest absolute Gasteiger partial charge is 0.383 e. The highest BCUT2D eigenvalue weighted by atomic mass is 16.5. The molecule has 1 aliphatic heterocycles. The van der Waals surface area contributed by atoms with Crippen LogP contribution in [-0.2, 0) is 11.2 Å². The summed E-state index contributed by atoms with van der Waals surface area (Å²) in [5.41, 5.74) is 3.66. The first-order chi connectivity index (χ1) is 11.2. The molecule has 0 aliphatic carbocycles. The third-order valence-electron chi connectivity index (χ3n) is 4.46. The van der Waals surface area contributed by atoms with Crippen molar-refractivity contribution in [3.8, 4) is 11.3 Å². The predicted molar refractivity (Wildman–Crippen MR) is 89.3 cm³/mol. The molecule has 1 atom stereocenters. The summed E-state index contributed by atoms with van der Waals surface area (Å²) >= 11 is 0. The van der Waals surface area contributed by atoms with Gasteiger partial charge in [0.2, 0.25) is 0 Å². The van der Waals surface area contributed by atoms with Gasteiger partial charge in [0.05, 0.1) is 18.3 Å². The molecule has 1 aromatic carbocycles. The number of aryl methyl sites for hydroxylation is 1. The summed E-state index contributed by atoms with van der Waals surface area (Å²) in [6.07, 6.45) is 3.04. The lowest BCUT2D eigenvalue weighted by atomic mass is 10.1. The molecule has 0 spiro atoms. The number of nitrogens with one attached hydrogen (secondary N) is 1. The topological polar surface area (TPSA) is 58.2 Å². The Kier molecular flexibility index (Phi) is 4.76. The molecule has 122 valence electrons. The second-order valence-corrected chi connectivity index (χ2v) is 5.97. The molecule has 1 fully saturated rings. The minimum absolute atomic E-state index is 0.00785. The summed E-state index contributed by atoms with van der Waals surface area (Å²) < 4.78 is 5.22. The summed E-state index contributed by atoms with van der Waals surface area (Å²) in [5, 5.41) is 7.19. The van der Waals surface area contributed by atoms with Gasteiger partial charge >= 0.3 is 0 Å². The van der Waals surface area contributed by atoms with Crippen LogP contribution in [0.15, 0.2) is 30.3 Å². The van der Waals surface area contributed by atoms with E-state index in [1.807, 2.05) is 23.1 Å². The van der Waals surface area contributed by atoms with E-state index in [9.17, 15) is 4.79 Å². The average Bonchev–Trinajstić information content (AvgIpc) is 3.24. The monoisotopic (exact) mass is 313 g/mol. The minimum atomic E-state index is 0.00785. The standard InChI is InChI=1S/C18H23N3O2/c1-3-13-6-8-14(9-7-13)16-11-17(20-19-16)18(22)21-10-4-5-15(21)12-23-2/h6-9,11,15H,3-5,10,12H2,1-2H3,(H,19,20)/t15-/m1/s1. The van der Waals surface area contributed by atoms with E-state index in [1.165, 1.54) is 5.56 Å². The van der Waals surface area contributed by atoms with Crippen molar-refractivity contribution in [1.29, 1.82) is 0 Å². The van der Waals surface area contributed by atoms with Gasteiger partial charge in [0.15, 0.2) is 0 Å². The second-order valence-electron chi connectivity index (χ2n) is 5.97. The van der Waals surface area contributed by atoms with Gasteiger partial charge in [-0.25, -0.2) is 0 Å². The average molecular weight is 313 g/mol. The van der Waals surface area contributed by atoms with Gasteiger partial charge in [-0.3, -0.25) is 9.89 Å². The van der Waals surface area contributed by atoms with Gasteiger partial charge in [-0.1, -0.05) is 31.2 Å². The molecule has 1 aromatic heterocycles. The number of hydrogen-bond acceptors (Lipinski definition) is 3. The highest BCUT2D eigenvalue weighted by Gasteiger charge is 2.30. The van der Waals surface area contributed by atoms with Crippen LogP contribution in [0.3, 0.4) is 0 Å². The smallest absolute Gasteiger partial charge is 0.272 e. The van der Waals surface area contributed by atoms with Crippen LogP contribution in [0.5, 0.6) is 0 Å². The number of rotatable bonds is 5. The second kappa shape index (κ2) is 6.96. The Morgan fingerprint density at radius 3 is 2.87 bits per heavy atom. The summed E-state index contributed by atoms with van der Waals surface area (Å²) in [5.74, 6) is 0.00785. The van der Waals surface area contributed by atoms with Crippen molar-refractivity contribution in [2.75, 3.05) is 20.3 Å². The van der Waals surface area contributed by atoms with Crippen molar-refractivity contribution >= 4 is 5.91 Å². The molecular weight excluding hydrogens is 290 g/mol. The van der Waals surface area contributed by atoms with E-state index < -0.39 is 0 Å². The van der Waals surface area contributed by atoms with Crippen molar-refractivity contribution < 1.29 is 9.53 Å². The highest BCUT2D eigenvalue weighted by molar-refractivity contribution is 5.93. The Morgan fingerprint density at radius 1 is 1.39 bits per heavy atom. The molecule has 0 bridgehead atoms. The molecule has 23 heavy (non-hydrogen) atoms. The van der Waals surface area contributed by atoms with Gasteiger partial charge in [-0.2, -0.15) is 5.10 Å². The van der Waals surface area contributed by atoms with Crippen LogP contribution in [0.4, 0.5) is 0 Å². The van der Waals surface area contributed by atoms with Gasteiger partial charge in [-0.15, -0.1) is 0 Å². The first-order valence-corrected chi connectivity index (χ1v) is 8.17. The zero-order valence-corrected chi connectivity index (χ0v) is 13.7. The number of nitrogens with zero attached hydrogens (tertiary/aromatic N) is 2. The fraction of sp³-hybridized carbons (Fsp3) is 0.444. The third-order valence-corrected chi connectivity index (χ3v) is 4.46. The number of aromatic amines is 1. The molecule has 1 amide bonds. The van der Waals surface area contributed by atoms with Crippen LogP contribution < -0.4 is 0 Å². The number of amides is 1. The Morgan fingerprint density at radius 2 is 2.17 bits per heavy atom. The van der Waals surface area contributed by atoms with Crippen molar-refractivity contribution in [1.82, 2.24) is 15.1 Å². The maximum atomic E-state index is 12.7. The number of carbonyl (C=O) groups excluding carboxylic acids is 1. The number of methoxy groups -OCH3 is 1. The first-order valence-electron chi connectivity index (χ1n) is 8.17. The Labute approximate surface area is 136 Å². The van der Waals surface area contributed by atoms with Gasteiger partial charge in [0.25, 0.3) is 5.91 Å². The van der Waals surface area contributed by atoms with Gasteiger partial charge < -0.3 is 9.64 Å². The number of ether oxygens (including phenoxy) is 1. The van der Waals surface area contributed by atoms with E-state index in [0.717, 1.165) is 37.1 Å². The lowest BCUT2D eigenvalue weighted by molar-refractivity contribution is 0.0625. The van der Waals surface area contributed by atoms with Crippen LogP contribution in [-0.4, -0.2) is 47.3 Å². The van der Waals surface area contributed by atoms with E-state index in [-0.39, 0.29) is 11.9 Å². The van der Waals surface area contributed by atoms with Gasteiger partial charge in [0, 0.05) is 19.2 Å². The molecule has 0 unspecified atom stereocenters. The van der Waals surface area contributed by atoms with E-state index in [1.54, 1.807) is 7.11 Å². The highest BCUT2D eigenvalue weighted by Crippen LogP contribution is 2.23. The van der Waals surface area contributed by atoms with E-state index in [2.05, 4.69) is 29.3 Å². The number of aromatic nitrogens is 2. The molecule has 3 rings (SSSR count). The number of likely N-dealkylation sites (tertiary alicyclic amines) is 1. The Bertz CT molecular complexity index is 663. The SMILES string of the molecule is CCc1ccc(-c2cc(C(=O)N3CCC[C@@H]3COC)[nH]n2)cc1. The fourth-order valence-corrected chi connectivity index (χ4v) is 3.11. The quantitative estimate of drug-likeness (QED) is 0.923. The fourth-order valence-electron chi connectivity index (χ4n) is 3.11. The Balaban J connectivity index is 1.76. The van der Waals surface area contributed by atoms with Crippen molar-refractivity contribution in [3.63, 3.8) is 0 Å². The number of carbonyl (C=O) groups is 1. The molecule has 1 N–H and O–H groups in total. The Hall–Kier alpha value is -2.14. The summed E-state index contributed by atoms with van der Waals surface area (Å²) in [6, 6.07) is 10.3. The van der Waals surface area contributed by atoms with Crippen LogP contribution in [0.2, 0.25) is 0 Å². The van der Waals surface area contributed by atoms with E-state index in [0.29, 0.717) is 12.3 Å². The normalized spacial score (nSPS) is 17.7. The van der Waals surface area contributed by atoms with Gasteiger partial charge in [-0.05, 0) is 30.9 Å². The van der Waals surface area contributed by atoms with E-state index >= 15 is 0 Å². The third kappa shape index (κ3) is 3.29. The number of benzene rings is 1. The summed E-state index contributed by atoms with van der Waals surface area (Å²) in [7, 11) is 1.68. The van der Waals surface area contributed by atoms with Crippen LogP contribution in [0, 0.1) is 0 Å². The molecule has 0 radical (unpaired) electrons. The molecule has 2 aromatic rings. The molecule has 5 heteroatoms. The van der Waals surface area contributed by atoms with E-state index in [4.69, 9.17) is 4.74 Å². The lowest BCUT2D eigenvalue weighted by Gasteiger charge is -2.23. The zero-order chi connectivity index (χ0) is 16.2. The molecule has 5 nitrogen and oxygen atoms in total. The van der Waals surface area contributed by atoms with Crippen LogP contribution >= 0.6 is 0 Å². The van der Waals surface area contributed by atoms with Crippen molar-refractivity contribution in [3.05, 3.63) is 41.6 Å². The molecule has 1 aliphatic rings. The van der Waals surface area contributed by atoms with Crippen LogP contribution in [0.25, 0.3) is 11.3 Å².